The van der Waals surface area contributed by atoms with Gasteiger partial charge in [0.2, 0.25) is 0 Å². The Morgan fingerprint density at radius 3 is 2.74 bits per heavy atom. The first-order valence-electron chi connectivity index (χ1n) is 6.57. The molecular formula is C14H20BrN3O. The molecule has 2 amide bonds. The molecule has 1 heterocycles. The highest BCUT2D eigenvalue weighted by atomic mass is 79.9. The van der Waals surface area contributed by atoms with Crippen molar-refractivity contribution in [2.24, 2.45) is 0 Å². The third kappa shape index (κ3) is 4.21. The zero-order valence-electron chi connectivity index (χ0n) is 11.4. The van der Waals surface area contributed by atoms with Gasteiger partial charge < -0.3 is 15.5 Å². The maximum absolute atomic E-state index is 12.0. The van der Waals surface area contributed by atoms with E-state index in [1.54, 1.807) is 0 Å². The van der Waals surface area contributed by atoms with E-state index in [9.17, 15) is 4.79 Å². The highest BCUT2D eigenvalue weighted by Crippen LogP contribution is 2.20. The third-order valence-electron chi connectivity index (χ3n) is 3.50. The Balaban J connectivity index is 1.89. The Labute approximate surface area is 122 Å². The Hall–Kier alpha value is -1.07. The molecule has 0 spiro atoms. The zero-order chi connectivity index (χ0) is 13.8. The summed E-state index contributed by atoms with van der Waals surface area (Å²) in [6.45, 7) is 4.07. The fraction of sp³-hybridized carbons (Fsp3) is 0.500. The molecule has 1 aliphatic heterocycles. The van der Waals surface area contributed by atoms with E-state index in [0.717, 1.165) is 41.7 Å². The maximum Gasteiger partial charge on any atom is 0.319 e. The number of likely N-dealkylation sites (tertiary alicyclic amines) is 1. The van der Waals surface area contributed by atoms with Crippen molar-refractivity contribution in [1.82, 2.24) is 10.2 Å². The normalized spacial score (nSPS) is 17.2. The largest absolute Gasteiger partial charge is 0.335 e. The second-order valence-corrected chi connectivity index (χ2v) is 6.05. The van der Waals surface area contributed by atoms with Gasteiger partial charge in [0.15, 0.2) is 0 Å². The van der Waals surface area contributed by atoms with E-state index < -0.39 is 0 Å². The molecule has 1 saturated heterocycles. The topological polar surface area (TPSA) is 44.4 Å². The Bertz CT molecular complexity index is 456. The molecule has 0 bridgehead atoms. The van der Waals surface area contributed by atoms with Gasteiger partial charge in [0.1, 0.15) is 0 Å². The number of hydrogen-bond acceptors (Lipinski definition) is 2. The SMILES string of the molecule is Cc1ccc(Br)cc1NC(=O)NC1CCN(C)CC1. The van der Waals surface area contributed by atoms with Gasteiger partial charge >= 0.3 is 6.03 Å². The van der Waals surface area contributed by atoms with Crippen LogP contribution in [0.4, 0.5) is 10.5 Å². The van der Waals surface area contributed by atoms with Crippen molar-refractivity contribution in [3.63, 3.8) is 0 Å². The number of amides is 2. The first-order chi connectivity index (χ1) is 9.04. The van der Waals surface area contributed by atoms with Gasteiger partial charge in [0, 0.05) is 16.2 Å². The van der Waals surface area contributed by atoms with Crippen LogP contribution in [0.2, 0.25) is 0 Å². The molecule has 0 aliphatic carbocycles. The summed E-state index contributed by atoms with van der Waals surface area (Å²) in [4.78, 5) is 14.3. The van der Waals surface area contributed by atoms with E-state index >= 15 is 0 Å². The summed E-state index contributed by atoms with van der Waals surface area (Å²) in [6, 6.07) is 6.04. The van der Waals surface area contributed by atoms with Gasteiger partial charge in [0.05, 0.1) is 0 Å². The van der Waals surface area contributed by atoms with Crippen LogP contribution in [0.15, 0.2) is 22.7 Å². The number of halogens is 1. The summed E-state index contributed by atoms with van der Waals surface area (Å²) < 4.78 is 0.965. The second kappa shape index (κ2) is 6.39. The van der Waals surface area contributed by atoms with Gasteiger partial charge in [-0.15, -0.1) is 0 Å². The molecule has 0 atom stereocenters. The molecule has 0 radical (unpaired) electrons. The lowest BCUT2D eigenvalue weighted by Crippen LogP contribution is -2.44. The number of nitrogens with one attached hydrogen (secondary N) is 2. The van der Waals surface area contributed by atoms with Crippen LogP contribution in [0.1, 0.15) is 18.4 Å². The molecule has 2 N–H and O–H groups in total. The van der Waals surface area contributed by atoms with Crippen molar-refractivity contribution in [3.05, 3.63) is 28.2 Å². The number of anilines is 1. The minimum Gasteiger partial charge on any atom is -0.335 e. The number of urea groups is 1. The van der Waals surface area contributed by atoms with Crippen molar-refractivity contribution in [1.29, 1.82) is 0 Å². The first kappa shape index (κ1) is 14.3. The number of carbonyl (C=O) groups is 1. The molecule has 1 fully saturated rings. The van der Waals surface area contributed by atoms with Gasteiger partial charge in [0.25, 0.3) is 0 Å². The lowest BCUT2D eigenvalue weighted by Gasteiger charge is -2.29. The van der Waals surface area contributed by atoms with Crippen molar-refractivity contribution in [2.75, 3.05) is 25.5 Å². The number of aryl methyl sites for hydroxylation is 1. The van der Waals surface area contributed by atoms with Gasteiger partial charge in [-0.05, 0) is 57.6 Å². The van der Waals surface area contributed by atoms with Crippen LogP contribution in [0.5, 0.6) is 0 Å². The monoisotopic (exact) mass is 325 g/mol. The summed E-state index contributed by atoms with van der Waals surface area (Å²) in [5.74, 6) is 0. The van der Waals surface area contributed by atoms with Crippen LogP contribution in [0.25, 0.3) is 0 Å². The van der Waals surface area contributed by atoms with E-state index in [1.165, 1.54) is 0 Å². The molecule has 104 valence electrons. The van der Waals surface area contributed by atoms with Crippen LogP contribution in [0, 0.1) is 6.92 Å². The smallest absolute Gasteiger partial charge is 0.319 e. The van der Waals surface area contributed by atoms with E-state index in [-0.39, 0.29) is 12.1 Å². The first-order valence-corrected chi connectivity index (χ1v) is 7.36. The number of benzene rings is 1. The molecule has 5 heteroatoms. The fourth-order valence-electron chi connectivity index (χ4n) is 2.23. The van der Waals surface area contributed by atoms with Gasteiger partial charge in [-0.3, -0.25) is 0 Å². The van der Waals surface area contributed by atoms with Crippen molar-refractivity contribution < 1.29 is 4.79 Å². The number of nitrogens with zero attached hydrogens (tertiary/aromatic N) is 1. The van der Waals surface area contributed by atoms with Crippen molar-refractivity contribution in [3.8, 4) is 0 Å². The lowest BCUT2D eigenvalue weighted by molar-refractivity contribution is 0.221. The highest BCUT2D eigenvalue weighted by Gasteiger charge is 2.18. The molecular weight excluding hydrogens is 306 g/mol. The van der Waals surface area contributed by atoms with E-state index in [0.29, 0.717) is 0 Å². The number of hydrogen-bond donors (Lipinski definition) is 2. The maximum atomic E-state index is 12.0. The van der Waals surface area contributed by atoms with Gasteiger partial charge in [-0.2, -0.15) is 0 Å². The minimum absolute atomic E-state index is 0.115. The van der Waals surface area contributed by atoms with Gasteiger partial charge in [-0.1, -0.05) is 22.0 Å². The zero-order valence-corrected chi connectivity index (χ0v) is 13.0. The molecule has 0 saturated carbocycles. The Morgan fingerprint density at radius 1 is 1.37 bits per heavy atom. The third-order valence-corrected chi connectivity index (χ3v) is 3.99. The average molecular weight is 326 g/mol. The molecule has 2 rings (SSSR count). The molecule has 0 unspecified atom stereocenters. The summed E-state index contributed by atoms with van der Waals surface area (Å²) in [7, 11) is 2.11. The van der Waals surface area contributed by atoms with Crippen LogP contribution >= 0.6 is 15.9 Å². The van der Waals surface area contributed by atoms with Crippen molar-refractivity contribution >= 4 is 27.6 Å². The standard InChI is InChI=1S/C14H20BrN3O/c1-10-3-4-11(15)9-13(10)17-14(19)16-12-5-7-18(2)8-6-12/h3-4,9,12H,5-8H2,1-2H3,(H2,16,17,19). The summed E-state index contributed by atoms with van der Waals surface area (Å²) in [5, 5.41) is 5.96. The second-order valence-electron chi connectivity index (χ2n) is 5.14. The number of rotatable bonds is 2. The van der Waals surface area contributed by atoms with E-state index in [1.807, 2.05) is 25.1 Å². The van der Waals surface area contributed by atoms with Crippen LogP contribution in [0.3, 0.4) is 0 Å². The predicted octanol–water partition coefficient (Wildman–Crippen LogP) is 2.97. The van der Waals surface area contributed by atoms with E-state index in [4.69, 9.17) is 0 Å². The molecule has 4 nitrogen and oxygen atoms in total. The predicted molar refractivity (Wildman–Crippen MR) is 81.6 cm³/mol. The quantitative estimate of drug-likeness (QED) is 0.878. The molecule has 1 aliphatic rings. The molecule has 0 aromatic heterocycles. The van der Waals surface area contributed by atoms with Crippen LogP contribution < -0.4 is 10.6 Å². The van der Waals surface area contributed by atoms with Gasteiger partial charge in [-0.25, -0.2) is 4.79 Å². The van der Waals surface area contributed by atoms with Crippen molar-refractivity contribution in [2.45, 2.75) is 25.8 Å². The minimum atomic E-state index is -0.115. The fourth-order valence-corrected chi connectivity index (χ4v) is 2.59. The molecule has 1 aromatic carbocycles. The Kier molecular flexibility index (Phi) is 4.82. The van der Waals surface area contributed by atoms with Crippen LogP contribution in [-0.2, 0) is 0 Å². The number of carbonyl (C=O) groups excluding carboxylic acids is 1. The highest BCUT2D eigenvalue weighted by molar-refractivity contribution is 9.10. The summed E-state index contributed by atoms with van der Waals surface area (Å²) in [5.41, 5.74) is 1.90. The average Bonchev–Trinajstić information content (AvgIpc) is 2.37. The number of piperidine rings is 1. The molecule has 1 aromatic rings. The summed E-state index contributed by atoms with van der Waals surface area (Å²) >= 11 is 3.41. The Morgan fingerprint density at radius 2 is 2.05 bits per heavy atom. The summed E-state index contributed by atoms with van der Waals surface area (Å²) in [6.07, 6.45) is 2.03. The lowest BCUT2D eigenvalue weighted by atomic mass is 10.1. The van der Waals surface area contributed by atoms with Crippen LogP contribution in [-0.4, -0.2) is 37.1 Å². The molecule has 19 heavy (non-hydrogen) atoms. The van der Waals surface area contributed by atoms with E-state index in [2.05, 4.69) is 38.5 Å².